The molecular weight excluding hydrogens is 280 g/mol. The predicted molar refractivity (Wildman–Crippen MR) is 77.2 cm³/mol. The first-order valence-electron chi connectivity index (χ1n) is 6.66. The summed E-state index contributed by atoms with van der Waals surface area (Å²) in [6.07, 6.45) is 2.03. The zero-order valence-corrected chi connectivity index (χ0v) is 12.2. The summed E-state index contributed by atoms with van der Waals surface area (Å²) >= 11 is 6.21. The van der Waals surface area contributed by atoms with Gasteiger partial charge in [-0.1, -0.05) is 11.6 Å². The highest BCUT2D eigenvalue weighted by molar-refractivity contribution is 6.32. The van der Waals surface area contributed by atoms with E-state index >= 15 is 0 Å². The number of rotatable bonds is 4. The molecule has 0 aliphatic carbocycles. The van der Waals surface area contributed by atoms with Crippen LogP contribution in [0.3, 0.4) is 0 Å². The Morgan fingerprint density at radius 1 is 1.45 bits per heavy atom. The number of hydrogen-bond donors (Lipinski definition) is 2. The second kappa shape index (κ2) is 6.81. The molecule has 1 atom stereocenters. The third-order valence-electron chi connectivity index (χ3n) is 3.27. The summed E-state index contributed by atoms with van der Waals surface area (Å²) in [4.78, 5) is 11.9. The van der Waals surface area contributed by atoms with Crippen LogP contribution in [0.15, 0.2) is 12.1 Å². The molecule has 1 unspecified atom stereocenters. The highest BCUT2D eigenvalue weighted by Gasteiger charge is 2.25. The number of carbonyl (C=O) groups excluding carboxylic acids is 1. The summed E-state index contributed by atoms with van der Waals surface area (Å²) in [5, 5.41) is 3.23. The monoisotopic (exact) mass is 298 g/mol. The van der Waals surface area contributed by atoms with E-state index in [9.17, 15) is 4.79 Å². The van der Waals surface area contributed by atoms with Crippen molar-refractivity contribution in [3.63, 3.8) is 0 Å². The number of ether oxygens (including phenoxy) is 2. The zero-order chi connectivity index (χ0) is 14.5. The first-order chi connectivity index (χ1) is 9.65. The van der Waals surface area contributed by atoms with Crippen LogP contribution >= 0.6 is 11.6 Å². The molecule has 3 N–H and O–H groups in total. The number of benzene rings is 1. The quantitative estimate of drug-likeness (QED) is 0.890. The average Bonchev–Trinajstić information content (AvgIpc) is 2.65. The lowest BCUT2D eigenvalue weighted by molar-refractivity contribution is -0.127. The molecule has 1 saturated heterocycles. The summed E-state index contributed by atoms with van der Waals surface area (Å²) in [5.74, 6) is 0.784. The third-order valence-corrected chi connectivity index (χ3v) is 3.55. The predicted octanol–water partition coefficient (Wildman–Crippen LogP) is 1.85. The van der Waals surface area contributed by atoms with Crippen molar-refractivity contribution in [1.82, 2.24) is 5.32 Å². The highest BCUT2D eigenvalue weighted by Crippen LogP contribution is 2.37. The summed E-state index contributed by atoms with van der Waals surface area (Å²) in [6, 6.07) is 3.50. The minimum absolute atomic E-state index is 0.108. The number of methoxy groups -OCH3 is 1. The first-order valence-corrected chi connectivity index (χ1v) is 7.04. The topological polar surface area (TPSA) is 73.6 Å². The number of nitrogens with one attached hydrogen (secondary N) is 1. The molecule has 6 heteroatoms. The van der Waals surface area contributed by atoms with Gasteiger partial charge in [-0.3, -0.25) is 4.79 Å². The van der Waals surface area contributed by atoms with Crippen LogP contribution in [0.4, 0.5) is 0 Å². The van der Waals surface area contributed by atoms with Crippen molar-refractivity contribution in [3.8, 4) is 11.5 Å². The van der Waals surface area contributed by atoms with Crippen molar-refractivity contribution in [2.45, 2.75) is 31.9 Å². The molecule has 0 radical (unpaired) electrons. The van der Waals surface area contributed by atoms with Gasteiger partial charge in [0.05, 0.1) is 12.1 Å². The van der Waals surface area contributed by atoms with Crippen molar-refractivity contribution in [2.24, 2.45) is 5.73 Å². The Morgan fingerprint density at radius 2 is 2.25 bits per heavy atom. The van der Waals surface area contributed by atoms with E-state index in [1.165, 1.54) is 7.11 Å². The number of amides is 1. The molecule has 0 saturated carbocycles. The Morgan fingerprint density at radius 3 is 2.95 bits per heavy atom. The molecule has 2 rings (SSSR count). The van der Waals surface area contributed by atoms with Crippen LogP contribution in [0.25, 0.3) is 0 Å². The van der Waals surface area contributed by atoms with Gasteiger partial charge < -0.3 is 20.5 Å². The summed E-state index contributed by atoms with van der Waals surface area (Å²) in [7, 11) is 1.53. The molecule has 1 amide bonds. The van der Waals surface area contributed by atoms with Gasteiger partial charge in [0, 0.05) is 13.1 Å². The highest BCUT2D eigenvalue weighted by atomic mass is 35.5. The van der Waals surface area contributed by atoms with E-state index in [2.05, 4.69) is 5.32 Å². The lowest BCUT2D eigenvalue weighted by Gasteiger charge is -2.19. The molecule has 1 heterocycles. The minimum Gasteiger partial charge on any atom is -0.493 e. The van der Waals surface area contributed by atoms with Gasteiger partial charge in [-0.15, -0.1) is 0 Å². The van der Waals surface area contributed by atoms with Crippen LogP contribution in [-0.4, -0.2) is 25.7 Å². The Hall–Kier alpha value is -1.46. The second-order valence-corrected chi connectivity index (χ2v) is 5.11. The lowest BCUT2D eigenvalue weighted by Crippen LogP contribution is -2.36. The van der Waals surface area contributed by atoms with Crippen LogP contribution in [0.5, 0.6) is 11.5 Å². The Kier molecular flexibility index (Phi) is 5.09. The van der Waals surface area contributed by atoms with E-state index in [1.54, 1.807) is 12.1 Å². The van der Waals surface area contributed by atoms with Crippen LogP contribution in [0.1, 0.15) is 24.8 Å². The zero-order valence-electron chi connectivity index (χ0n) is 11.4. The van der Waals surface area contributed by atoms with Crippen molar-refractivity contribution in [2.75, 3.05) is 13.7 Å². The van der Waals surface area contributed by atoms with E-state index in [0.717, 1.165) is 18.4 Å². The molecule has 5 nitrogen and oxygen atoms in total. The fourth-order valence-electron chi connectivity index (χ4n) is 2.17. The summed E-state index contributed by atoms with van der Waals surface area (Å²) in [6.45, 7) is 1.05. The number of halogens is 1. The van der Waals surface area contributed by atoms with Crippen molar-refractivity contribution in [3.05, 3.63) is 22.7 Å². The largest absolute Gasteiger partial charge is 0.493 e. The molecule has 0 bridgehead atoms. The molecule has 0 aromatic heterocycles. The average molecular weight is 299 g/mol. The molecule has 110 valence electrons. The van der Waals surface area contributed by atoms with E-state index in [0.29, 0.717) is 36.0 Å². The van der Waals surface area contributed by atoms with E-state index < -0.39 is 6.10 Å². The minimum atomic E-state index is -0.535. The second-order valence-electron chi connectivity index (χ2n) is 4.71. The molecule has 1 aliphatic heterocycles. The van der Waals surface area contributed by atoms with E-state index in [4.69, 9.17) is 26.8 Å². The molecular formula is C14H19ClN2O3. The standard InChI is InChI=1S/C14H19ClN2O3/c1-19-12-7-9(8-16)6-10(15)13(12)20-11-4-2-3-5-17-14(11)18/h6-7,11H,2-5,8,16H2,1H3,(H,17,18). The Balaban J connectivity index is 2.25. The van der Waals surface area contributed by atoms with Crippen LogP contribution < -0.4 is 20.5 Å². The lowest BCUT2D eigenvalue weighted by atomic mass is 10.1. The van der Waals surface area contributed by atoms with Gasteiger partial charge in [0.1, 0.15) is 0 Å². The van der Waals surface area contributed by atoms with Crippen LogP contribution in [0.2, 0.25) is 5.02 Å². The number of hydrogen-bond acceptors (Lipinski definition) is 4. The molecule has 1 aromatic rings. The Bertz CT molecular complexity index is 494. The van der Waals surface area contributed by atoms with Gasteiger partial charge in [-0.25, -0.2) is 0 Å². The maximum absolute atomic E-state index is 11.9. The molecule has 0 spiro atoms. The van der Waals surface area contributed by atoms with Gasteiger partial charge in [0.15, 0.2) is 17.6 Å². The van der Waals surface area contributed by atoms with Gasteiger partial charge in [0.25, 0.3) is 5.91 Å². The van der Waals surface area contributed by atoms with Crippen LogP contribution in [0, 0.1) is 0 Å². The fraction of sp³-hybridized carbons (Fsp3) is 0.500. The molecule has 1 fully saturated rings. The van der Waals surface area contributed by atoms with Crippen molar-refractivity contribution in [1.29, 1.82) is 0 Å². The molecule has 1 aromatic carbocycles. The fourth-order valence-corrected chi connectivity index (χ4v) is 2.45. The third kappa shape index (κ3) is 3.35. The number of nitrogens with two attached hydrogens (primary N) is 1. The van der Waals surface area contributed by atoms with Crippen molar-refractivity contribution < 1.29 is 14.3 Å². The maximum atomic E-state index is 11.9. The van der Waals surface area contributed by atoms with E-state index in [1.807, 2.05) is 0 Å². The van der Waals surface area contributed by atoms with Crippen molar-refractivity contribution >= 4 is 17.5 Å². The molecule has 1 aliphatic rings. The normalized spacial score (nSPS) is 19.1. The van der Waals surface area contributed by atoms with Gasteiger partial charge in [0.2, 0.25) is 0 Å². The van der Waals surface area contributed by atoms with Gasteiger partial charge >= 0.3 is 0 Å². The van der Waals surface area contributed by atoms with Gasteiger partial charge in [-0.05, 0) is 37.0 Å². The van der Waals surface area contributed by atoms with E-state index in [-0.39, 0.29) is 5.91 Å². The smallest absolute Gasteiger partial charge is 0.261 e. The SMILES string of the molecule is COc1cc(CN)cc(Cl)c1OC1CCCCNC1=O. The van der Waals surface area contributed by atoms with Crippen LogP contribution in [-0.2, 0) is 11.3 Å². The summed E-state index contributed by atoms with van der Waals surface area (Å²) < 4.78 is 11.1. The maximum Gasteiger partial charge on any atom is 0.261 e. The van der Waals surface area contributed by atoms with Gasteiger partial charge in [-0.2, -0.15) is 0 Å². The molecule has 20 heavy (non-hydrogen) atoms. The Labute approximate surface area is 123 Å². The number of carbonyl (C=O) groups is 1. The first kappa shape index (κ1) is 14.9. The summed E-state index contributed by atoms with van der Waals surface area (Å²) in [5.41, 5.74) is 6.45.